The molecular weight excluding hydrogens is 330 g/mol. The number of fused-ring (bicyclic) bond motifs is 2. The summed E-state index contributed by atoms with van der Waals surface area (Å²) in [5.74, 6) is 1.26. The number of ether oxygens (including phenoxy) is 2. The molecule has 6 nitrogen and oxygen atoms in total. The minimum Gasteiger partial charge on any atom is -0.491 e. The molecule has 0 bridgehead atoms. The highest BCUT2D eigenvalue weighted by molar-refractivity contribution is 6.30. The number of benzene rings is 1. The highest BCUT2D eigenvalue weighted by atomic mass is 35.5. The number of aryl methyl sites for hydroxylation is 1. The quantitative estimate of drug-likeness (QED) is 0.906. The maximum atomic E-state index is 12.5. The van der Waals surface area contributed by atoms with Gasteiger partial charge < -0.3 is 14.8 Å². The minimum atomic E-state index is -0.216. The Morgan fingerprint density at radius 1 is 1.42 bits per heavy atom. The highest BCUT2D eigenvalue weighted by Gasteiger charge is 2.25. The molecule has 7 heteroatoms. The maximum Gasteiger partial charge on any atom is 0.272 e. The third kappa shape index (κ3) is 2.94. The molecule has 24 heavy (non-hydrogen) atoms. The summed E-state index contributed by atoms with van der Waals surface area (Å²) < 4.78 is 13.1. The first-order valence-electron chi connectivity index (χ1n) is 8.05. The Labute approximate surface area is 144 Å². The second kappa shape index (κ2) is 6.02. The first-order valence-corrected chi connectivity index (χ1v) is 8.43. The molecule has 0 radical (unpaired) electrons. The van der Waals surface area contributed by atoms with Crippen LogP contribution in [-0.2, 0) is 13.0 Å². The van der Waals surface area contributed by atoms with Crippen LogP contribution in [0.15, 0.2) is 24.3 Å². The van der Waals surface area contributed by atoms with E-state index in [1.807, 2.05) is 19.1 Å². The van der Waals surface area contributed by atoms with Gasteiger partial charge in [-0.1, -0.05) is 11.6 Å². The van der Waals surface area contributed by atoms with Gasteiger partial charge in [-0.25, -0.2) is 4.68 Å². The van der Waals surface area contributed by atoms with Gasteiger partial charge in [0.25, 0.3) is 5.91 Å². The van der Waals surface area contributed by atoms with E-state index in [2.05, 4.69) is 10.4 Å². The molecule has 1 aromatic heterocycles. The number of hydrogen-bond donors (Lipinski definition) is 1. The molecular formula is C17H18ClN3O3. The van der Waals surface area contributed by atoms with Crippen LogP contribution in [0.3, 0.4) is 0 Å². The number of hydrogen-bond acceptors (Lipinski definition) is 4. The average Bonchev–Trinajstić information content (AvgIpc) is 2.97. The molecule has 2 aliphatic heterocycles. The van der Waals surface area contributed by atoms with Gasteiger partial charge in [-0.15, -0.1) is 0 Å². The van der Waals surface area contributed by atoms with E-state index < -0.39 is 0 Å². The van der Waals surface area contributed by atoms with Crippen LogP contribution in [0.25, 0.3) is 0 Å². The third-order valence-electron chi connectivity index (χ3n) is 4.31. The fourth-order valence-corrected chi connectivity index (χ4v) is 3.24. The van der Waals surface area contributed by atoms with Crippen molar-refractivity contribution in [3.05, 3.63) is 40.5 Å². The molecule has 2 unspecified atom stereocenters. The minimum absolute atomic E-state index is 0.109. The Kier molecular flexibility index (Phi) is 3.84. The molecule has 2 aromatic rings. The van der Waals surface area contributed by atoms with Gasteiger partial charge in [-0.05, 0) is 37.1 Å². The van der Waals surface area contributed by atoms with Crippen molar-refractivity contribution in [3.63, 3.8) is 0 Å². The number of carbonyl (C=O) groups is 1. The zero-order valence-electron chi connectivity index (χ0n) is 13.3. The van der Waals surface area contributed by atoms with Crippen molar-refractivity contribution in [2.45, 2.75) is 38.5 Å². The normalized spacial score (nSPS) is 21.9. The van der Waals surface area contributed by atoms with E-state index in [4.69, 9.17) is 21.1 Å². The summed E-state index contributed by atoms with van der Waals surface area (Å²) in [4.78, 5) is 12.5. The van der Waals surface area contributed by atoms with Crippen molar-refractivity contribution >= 4 is 17.5 Å². The molecule has 1 aromatic carbocycles. The Bertz CT molecular complexity index is 789. The summed E-state index contributed by atoms with van der Waals surface area (Å²) in [6.45, 7) is 3.21. The largest absolute Gasteiger partial charge is 0.491 e. The summed E-state index contributed by atoms with van der Waals surface area (Å²) in [5.41, 5.74) is 1.37. The average molecular weight is 348 g/mol. The molecule has 4 rings (SSSR count). The molecule has 1 amide bonds. The van der Waals surface area contributed by atoms with Gasteiger partial charge in [0, 0.05) is 24.1 Å². The lowest BCUT2D eigenvalue weighted by atomic mass is 10.0. The van der Waals surface area contributed by atoms with E-state index >= 15 is 0 Å². The Balaban J connectivity index is 1.45. The number of nitrogens with one attached hydrogen (secondary N) is 1. The molecule has 126 valence electrons. The molecule has 0 spiro atoms. The van der Waals surface area contributed by atoms with Crippen molar-refractivity contribution < 1.29 is 14.3 Å². The van der Waals surface area contributed by atoms with E-state index in [-0.39, 0.29) is 18.1 Å². The van der Waals surface area contributed by atoms with Crippen LogP contribution in [0.1, 0.15) is 29.4 Å². The van der Waals surface area contributed by atoms with Crippen LogP contribution >= 0.6 is 11.6 Å². The predicted octanol–water partition coefficient (Wildman–Crippen LogP) is 2.44. The van der Waals surface area contributed by atoms with Crippen molar-refractivity contribution in [1.29, 1.82) is 0 Å². The number of amides is 1. The first kappa shape index (κ1) is 15.3. The van der Waals surface area contributed by atoms with Gasteiger partial charge in [0.15, 0.2) is 5.69 Å². The van der Waals surface area contributed by atoms with Gasteiger partial charge in [-0.2, -0.15) is 5.10 Å². The van der Waals surface area contributed by atoms with Crippen molar-refractivity contribution in [3.8, 4) is 11.6 Å². The van der Waals surface area contributed by atoms with Gasteiger partial charge >= 0.3 is 0 Å². The Morgan fingerprint density at radius 3 is 3.17 bits per heavy atom. The van der Waals surface area contributed by atoms with Crippen LogP contribution in [0, 0.1) is 0 Å². The number of halogens is 1. The molecule has 2 atom stereocenters. The second-order valence-corrected chi connectivity index (χ2v) is 6.68. The third-order valence-corrected chi connectivity index (χ3v) is 4.54. The molecule has 0 fully saturated rings. The zero-order valence-corrected chi connectivity index (χ0v) is 14.0. The molecule has 3 heterocycles. The topological polar surface area (TPSA) is 65.4 Å². The fraction of sp³-hybridized carbons (Fsp3) is 0.412. The van der Waals surface area contributed by atoms with Gasteiger partial charge in [0.1, 0.15) is 12.4 Å². The van der Waals surface area contributed by atoms with E-state index in [1.54, 1.807) is 16.8 Å². The fourth-order valence-electron chi connectivity index (χ4n) is 3.05. The lowest BCUT2D eigenvalue weighted by molar-refractivity contribution is 0.0909. The van der Waals surface area contributed by atoms with Crippen LogP contribution in [0.5, 0.6) is 11.6 Å². The van der Waals surface area contributed by atoms with E-state index in [0.717, 1.165) is 24.3 Å². The standard InChI is InChI=1S/C17H18ClN3O3/c1-10-4-5-21-16(24-10)8-14(20-21)17(22)19-13-7-11-6-12(18)2-3-15(11)23-9-13/h2-3,6,8,10,13H,4-5,7,9H2,1H3,(H,19,22). The zero-order chi connectivity index (χ0) is 16.7. The van der Waals surface area contributed by atoms with Gasteiger partial charge in [0.2, 0.25) is 5.88 Å². The van der Waals surface area contributed by atoms with E-state index in [1.165, 1.54) is 0 Å². The van der Waals surface area contributed by atoms with Crippen LogP contribution < -0.4 is 14.8 Å². The SMILES string of the molecule is CC1CCn2nc(C(=O)NC3COc4ccc(Cl)cc4C3)cc2O1. The van der Waals surface area contributed by atoms with Crippen LogP contribution in [0.2, 0.25) is 5.02 Å². The summed E-state index contributed by atoms with van der Waals surface area (Å²) >= 11 is 6.03. The summed E-state index contributed by atoms with van der Waals surface area (Å²) in [7, 11) is 0. The molecule has 1 N–H and O–H groups in total. The highest BCUT2D eigenvalue weighted by Crippen LogP contribution is 2.28. The smallest absolute Gasteiger partial charge is 0.272 e. The van der Waals surface area contributed by atoms with Crippen molar-refractivity contribution in [1.82, 2.24) is 15.1 Å². The second-order valence-electron chi connectivity index (χ2n) is 6.25. The van der Waals surface area contributed by atoms with Crippen LogP contribution in [0.4, 0.5) is 0 Å². The van der Waals surface area contributed by atoms with Crippen molar-refractivity contribution in [2.75, 3.05) is 6.61 Å². The summed E-state index contributed by atoms with van der Waals surface area (Å²) in [6, 6.07) is 7.12. The number of aromatic nitrogens is 2. The molecule has 0 saturated heterocycles. The summed E-state index contributed by atoms with van der Waals surface area (Å²) in [5, 5.41) is 7.97. The van der Waals surface area contributed by atoms with Gasteiger partial charge in [-0.3, -0.25) is 4.79 Å². The molecule has 0 aliphatic carbocycles. The summed E-state index contributed by atoms with van der Waals surface area (Å²) in [6.07, 6.45) is 1.73. The number of nitrogens with zero attached hydrogens (tertiary/aromatic N) is 2. The maximum absolute atomic E-state index is 12.5. The van der Waals surface area contributed by atoms with E-state index in [0.29, 0.717) is 29.6 Å². The van der Waals surface area contributed by atoms with E-state index in [9.17, 15) is 4.79 Å². The number of rotatable bonds is 2. The molecule has 2 aliphatic rings. The predicted molar refractivity (Wildman–Crippen MR) is 88.8 cm³/mol. The lowest BCUT2D eigenvalue weighted by Gasteiger charge is -2.25. The Hall–Kier alpha value is -2.21. The van der Waals surface area contributed by atoms with Gasteiger partial charge in [0.05, 0.1) is 12.1 Å². The first-order chi connectivity index (χ1) is 11.6. The lowest BCUT2D eigenvalue weighted by Crippen LogP contribution is -2.42. The van der Waals surface area contributed by atoms with Crippen LogP contribution in [-0.4, -0.2) is 34.4 Å². The Morgan fingerprint density at radius 2 is 2.29 bits per heavy atom. The monoisotopic (exact) mass is 347 g/mol. The molecule has 0 saturated carbocycles. The number of carbonyl (C=O) groups excluding carboxylic acids is 1. The van der Waals surface area contributed by atoms with Crippen molar-refractivity contribution in [2.24, 2.45) is 0 Å².